The highest BCUT2D eigenvalue weighted by Crippen LogP contribution is 2.29. The monoisotopic (exact) mass is 451 g/mol. The van der Waals surface area contributed by atoms with Crippen LogP contribution in [0.5, 0.6) is 0 Å². The van der Waals surface area contributed by atoms with Crippen molar-refractivity contribution in [3.63, 3.8) is 0 Å². The first kappa shape index (κ1) is 21.1. The van der Waals surface area contributed by atoms with Crippen molar-refractivity contribution in [2.45, 2.75) is 37.6 Å². The highest BCUT2D eigenvalue weighted by molar-refractivity contribution is 7.80. The molecule has 4 rings (SSSR count). The number of piperidine rings is 1. The first-order valence-corrected chi connectivity index (χ1v) is 11.0. The third-order valence-corrected chi connectivity index (χ3v) is 6.70. The van der Waals surface area contributed by atoms with Crippen molar-refractivity contribution in [2.24, 2.45) is 0 Å². The summed E-state index contributed by atoms with van der Waals surface area (Å²) in [5.74, 6) is -0.154. The second-order valence-electron chi connectivity index (χ2n) is 7.75. The van der Waals surface area contributed by atoms with E-state index in [1.807, 2.05) is 4.90 Å². The van der Waals surface area contributed by atoms with E-state index in [0.717, 1.165) is 24.4 Å². The summed E-state index contributed by atoms with van der Waals surface area (Å²) in [7, 11) is 0. The average molecular weight is 452 g/mol. The molecule has 0 saturated carbocycles. The van der Waals surface area contributed by atoms with Crippen LogP contribution in [-0.2, 0) is 11.1 Å². The number of halogens is 2. The van der Waals surface area contributed by atoms with Crippen LogP contribution >= 0.6 is 11.6 Å². The van der Waals surface area contributed by atoms with E-state index in [9.17, 15) is 13.2 Å². The van der Waals surface area contributed by atoms with Crippen LogP contribution < -0.4 is 5.32 Å². The maximum absolute atomic E-state index is 14.5. The van der Waals surface area contributed by atoms with Gasteiger partial charge in [-0.2, -0.15) is 0 Å². The number of nitrogens with one attached hydrogen (secondary N) is 2. The minimum Gasteiger partial charge on any atom is -0.771 e. The van der Waals surface area contributed by atoms with Gasteiger partial charge in [-0.15, -0.1) is 0 Å². The molecular weight excluding hydrogens is 431 g/mol. The molecule has 1 aliphatic heterocycles. The first-order chi connectivity index (χ1) is 14.3. The SMILES string of the molecule is CC(C)(N1CCC[C@@H](Nc2nc(-c3c[nH]c4ncc(Cl)cc34)ncc2F)C1)S(=O)[O-]. The molecule has 0 aliphatic carbocycles. The molecule has 3 aromatic rings. The van der Waals surface area contributed by atoms with Gasteiger partial charge in [-0.25, -0.2) is 19.3 Å². The summed E-state index contributed by atoms with van der Waals surface area (Å²) in [5, 5.41) is 4.35. The summed E-state index contributed by atoms with van der Waals surface area (Å²) < 4.78 is 37.6. The molecule has 0 aromatic carbocycles. The third kappa shape index (κ3) is 4.04. The Hall–Kier alpha value is -2.14. The molecule has 1 unspecified atom stereocenters. The fourth-order valence-corrected chi connectivity index (χ4v) is 4.18. The van der Waals surface area contributed by atoms with Crippen LogP contribution in [0, 0.1) is 5.82 Å². The molecule has 1 saturated heterocycles. The molecule has 0 bridgehead atoms. The highest BCUT2D eigenvalue weighted by Gasteiger charge is 2.32. The summed E-state index contributed by atoms with van der Waals surface area (Å²) in [6.45, 7) is 4.46. The van der Waals surface area contributed by atoms with Gasteiger partial charge in [0, 0.05) is 35.9 Å². The lowest BCUT2D eigenvalue weighted by Gasteiger charge is -2.44. The second-order valence-corrected chi connectivity index (χ2v) is 9.66. The largest absolute Gasteiger partial charge is 0.771 e. The number of hydrogen-bond acceptors (Lipinski definition) is 7. The van der Waals surface area contributed by atoms with Gasteiger partial charge >= 0.3 is 0 Å². The van der Waals surface area contributed by atoms with Gasteiger partial charge in [-0.05, 0) is 50.4 Å². The van der Waals surface area contributed by atoms with Gasteiger partial charge < -0.3 is 14.9 Å². The number of rotatable bonds is 5. The van der Waals surface area contributed by atoms with Gasteiger partial charge in [0.05, 0.1) is 16.1 Å². The molecule has 0 radical (unpaired) electrons. The summed E-state index contributed by atoms with van der Waals surface area (Å²) >= 11 is 3.80. The van der Waals surface area contributed by atoms with Gasteiger partial charge in [-0.1, -0.05) is 11.6 Å². The standard InChI is InChI=1S/C19H22ClFN6O2S/c1-19(2,30(28)29)27-5-3-4-12(10-27)25-18-15(21)9-24-17(26-18)14-8-23-16-13(14)6-11(20)7-22-16/h6-9,12H,3-5,10H2,1-2H3,(H,22,23)(H,28,29)(H,24,25,26)/p-1/t12-/m1/s1. The quantitative estimate of drug-likeness (QED) is 0.572. The predicted octanol–water partition coefficient (Wildman–Crippen LogP) is 3.30. The van der Waals surface area contributed by atoms with Crippen molar-refractivity contribution in [1.82, 2.24) is 24.8 Å². The molecule has 11 heteroatoms. The maximum atomic E-state index is 14.5. The Morgan fingerprint density at radius 3 is 2.97 bits per heavy atom. The Kier molecular flexibility index (Phi) is 5.75. The van der Waals surface area contributed by atoms with E-state index >= 15 is 0 Å². The van der Waals surface area contributed by atoms with Crippen molar-refractivity contribution in [2.75, 3.05) is 18.4 Å². The van der Waals surface area contributed by atoms with Crippen molar-refractivity contribution in [3.05, 3.63) is 35.5 Å². The van der Waals surface area contributed by atoms with Gasteiger partial charge in [0.1, 0.15) is 5.65 Å². The van der Waals surface area contributed by atoms with Crippen molar-refractivity contribution in [1.29, 1.82) is 0 Å². The number of aromatic nitrogens is 4. The minimum absolute atomic E-state index is 0.0808. The molecule has 160 valence electrons. The molecule has 8 nitrogen and oxygen atoms in total. The zero-order valence-corrected chi connectivity index (χ0v) is 18.1. The minimum atomic E-state index is -2.25. The van der Waals surface area contributed by atoms with Gasteiger partial charge in [0.25, 0.3) is 0 Å². The van der Waals surface area contributed by atoms with Crippen molar-refractivity contribution < 1.29 is 13.2 Å². The highest BCUT2D eigenvalue weighted by atomic mass is 35.5. The van der Waals surface area contributed by atoms with E-state index in [0.29, 0.717) is 35.1 Å². The lowest BCUT2D eigenvalue weighted by molar-refractivity contribution is 0.143. The van der Waals surface area contributed by atoms with Crippen molar-refractivity contribution in [3.8, 4) is 11.4 Å². The fourth-order valence-electron chi connectivity index (χ4n) is 3.64. The predicted molar refractivity (Wildman–Crippen MR) is 113 cm³/mol. The fraction of sp³-hybridized carbons (Fsp3) is 0.421. The Bertz CT molecular complexity index is 1110. The number of nitrogens with zero attached hydrogens (tertiary/aromatic N) is 4. The second kappa shape index (κ2) is 8.18. The normalized spacial score (nSPS) is 19.2. The van der Waals surface area contributed by atoms with E-state index in [-0.39, 0.29) is 11.9 Å². The molecule has 2 atom stereocenters. The van der Waals surface area contributed by atoms with Gasteiger partial charge in [0.2, 0.25) is 0 Å². The number of pyridine rings is 1. The molecule has 3 aromatic heterocycles. The molecule has 0 spiro atoms. The molecule has 30 heavy (non-hydrogen) atoms. The van der Waals surface area contributed by atoms with Crippen LogP contribution in [0.2, 0.25) is 5.02 Å². The average Bonchev–Trinajstić information content (AvgIpc) is 3.13. The van der Waals surface area contributed by atoms with Crippen LogP contribution in [0.15, 0.2) is 24.7 Å². The van der Waals surface area contributed by atoms with Gasteiger partial charge in [-0.3, -0.25) is 9.11 Å². The molecular formula is C19H21ClFN6O2S-. The first-order valence-electron chi connectivity index (χ1n) is 9.52. The zero-order valence-electron chi connectivity index (χ0n) is 16.5. The van der Waals surface area contributed by atoms with Crippen molar-refractivity contribution >= 4 is 39.5 Å². The third-order valence-electron chi connectivity index (χ3n) is 5.41. The van der Waals surface area contributed by atoms with E-state index < -0.39 is 21.8 Å². The molecule has 0 amide bonds. The topological polar surface area (TPSA) is 110 Å². The lowest BCUT2D eigenvalue weighted by atomic mass is 10.0. The van der Waals surface area contributed by atoms with E-state index in [4.69, 9.17) is 11.6 Å². The van der Waals surface area contributed by atoms with Crippen LogP contribution in [0.25, 0.3) is 22.4 Å². The zero-order chi connectivity index (χ0) is 21.5. The lowest BCUT2D eigenvalue weighted by Crippen LogP contribution is -2.54. The molecule has 1 fully saturated rings. The Balaban J connectivity index is 1.59. The van der Waals surface area contributed by atoms with Crippen LogP contribution in [-0.4, -0.2) is 57.6 Å². The number of fused-ring (bicyclic) bond motifs is 1. The Labute approximate surface area is 180 Å². The van der Waals surface area contributed by atoms with Crippen LogP contribution in [0.4, 0.5) is 10.2 Å². The van der Waals surface area contributed by atoms with Gasteiger partial charge in [0.15, 0.2) is 17.5 Å². The summed E-state index contributed by atoms with van der Waals surface area (Å²) in [6, 6.07) is 1.61. The number of hydrogen-bond donors (Lipinski definition) is 2. The molecule has 1 aliphatic rings. The summed E-state index contributed by atoms with van der Waals surface area (Å²) in [6.07, 6.45) is 5.94. The van der Waals surface area contributed by atoms with Crippen LogP contribution in [0.3, 0.4) is 0 Å². The molecule has 2 N–H and O–H groups in total. The summed E-state index contributed by atoms with van der Waals surface area (Å²) in [5.41, 5.74) is 1.30. The Morgan fingerprint density at radius 1 is 1.40 bits per heavy atom. The van der Waals surface area contributed by atoms with E-state index in [1.165, 1.54) is 6.20 Å². The smallest absolute Gasteiger partial charge is 0.183 e. The van der Waals surface area contributed by atoms with E-state index in [1.54, 1.807) is 26.1 Å². The molecule has 4 heterocycles. The Morgan fingerprint density at radius 2 is 2.20 bits per heavy atom. The number of aromatic amines is 1. The number of H-pyrrole nitrogens is 1. The van der Waals surface area contributed by atoms with Crippen LogP contribution in [0.1, 0.15) is 26.7 Å². The summed E-state index contributed by atoms with van der Waals surface area (Å²) in [4.78, 5) is 16.6. The maximum Gasteiger partial charge on any atom is 0.183 e. The number of likely N-dealkylation sites (tertiary alicyclic amines) is 1. The number of anilines is 1. The van der Waals surface area contributed by atoms with E-state index in [2.05, 4.69) is 25.3 Å².